The van der Waals surface area contributed by atoms with Crippen molar-refractivity contribution in [2.75, 3.05) is 19.6 Å². The number of aryl methyl sites for hydroxylation is 4. The van der Waals surface area contributed by atoms with E-state index in [0.29, 0.717) is 25.1 Å². The number of benzene rings is 2. The summed E-state index contributed by atoms with van der Waals surface area (Å²) in [5, 5.41) is 6.96. The number of hydrogen-bond donors (Lipinski definition) is 1. The first-order chi connectivity index (χ1) is 17.7. The van der Waals surface area contributed by atoms with Crippen LogP contribution >= 0.6 is 0 Å². The molecule has 0 atom stereocenters. The van der Waals surface area contributed by atoms with E-state index in [4.69, 9.17) is 4.52 Å². The predicted molar refractivity (Wildman–Crippen MR) is 145 cm³/mol. The number of sulfonamides is 1. The molecule has 1 aromatic heterocycles. The van der Waals surface area contributed by atoms with E-state index in [1.807, 2.05) is 50.3 Å². The van der Waals surface area contributed by atoms with E-state index >= 15 is 0 Å². The van der Waals surface area contributed by atoms with Gasteiger partial charge < -0.3 is 9.84 Å². The largest absolute Gasteiger partial charge is 0.356 e. The molecule has 1 fully saturated rings. The van der Waals surface area contributed by atoms with Gasteiger partial charge in [-0.15, -0.1) is 0 Å². The summed E-state index contributed by atoms with van der Waals surface area (Å²) in [6.45, 7) is 8.89. The Balaban J connectivity index is 1.41. The first kappa shape index (κ1) is 26.8. The maximum Gasteiger partial charge on any atom is 0.248 e. The van der Waals surface area contributed by atoms with Crippen molar-refractivity contribution in [3.63, 3.8) is 0 Å². The van der Waals surface area contributed by atoms with Gasteiger partial charge in [0.2, 0.25) is 15.9 Å². The van der Waals surface area contributed by atoms with E-state index in [9.17, 15) is 13.2 Å². The fourth-order valence-electron chi connectivity index (χ4n) is 5.02. The van der Waals surface area contributed by atoms with Crippen LogP contribution in [0.5, 0.6) is 0 Å². The third kappa shape index (κ3) is 6.19. The highest BCUT2D eigenvalue weighted by Crippen LogP contribution is 2.30. The number of nitrogens with zero attached hydrogens (tertiary/aromatic N) is 2. The lowest BCUT2D eigenvalue weighted by Crippen LogP contribution is -2.43. The number of hydrogen-bond acceptors (Lipinski definition) is 5. The molecule has 1 saturated heterocycles. The molecule has 4 rings (SSSR count). The molecular formula is C29H35N3O4S. The standard InChI is InChI=1S/C29H35N3O4S/c1-20-18-21(2)26(22(3)19-20)10-11-27-28(23(4)31-36-27)37(34,35)32-16-13-25(14-17-32)29(33)30-15-12-24-8-6-5-7-9-24/h5-11,18-19,25H,12-17H2,1-4H3,(H,30,33)/b11-10+. The summed E-state index contributed by atoms with van der Waals surface area (Å²) < 4.78 is 34.0. The van der Waals surface area contributed by atoms with E-state index in [0.717, 1.165) is 23.1 Å². The smallest absolute Gasteiger partial charge is 0.248 e. The van der Waals surface area contributed by atoms with Crippen molar-refractivity contribution < 1.29 is 17.7 Å². The Bertz CT molecular complexity index is 1360. The van der Waals surface area contributed by atoms with E-state index in [2.05, 4.69) is 29.5 Å². The van der Waals surface area contributed by atoms with Crippen molar-refractivity contribution in [1.29, 1.82) is 0 Å². The summed E-state index contributed by atoms with van der Waals surface area (Å²) in [7, 11) is -3.82. The van der Waals surface area contributed by atoms with Gasteiger partial charge >= 0.3 is 0 Å². The number of piperidine rings is 1. The molecule has 2 heterocycles. The van der Waals surface area contributed by atoms with Gasteiger partial charge in [-0.3, -0.25) is 4.79 Å². The van der Waals surface area contributed by atoms with Gasteiger partial charge in [-0.2, -0.15) is 4.31 Å². The molecule has 1 aliphatic heterocycles. The Morgan fingerprint density at radius 3 is 2.35 bits per heavy atom. The molecule has 0 spiro atoms. The Labute approximate surface area is 219 Å². The molecule has 8 heteroatoms. The molecular weight excluding hydrogens is 486 g/mol. The zero-order valence-electron chi connectivity index (χ0n) is 22.0. The van der Waals surface area contributed by atoms with Crippen LogP contribution in [0, 0.1) is 33.6 Å². The van der Waals surface area contributed by atoms with E-state index in [-0.39, 0.29) is 35.6 Å². The molecule has 1 aliphatic rings. The molecule has 1 amide bonds. The molecule has 0 unspecified atom stereocenters. The number of rotatable bonds is 8. The van der Waals surface area contributed by atoms with Gasteiger partial charge in [0.25, 0.3) is 0 Å². The first-order valence-corrected chi connectivity index (χ1v) is 14.1. The molecule has 0 bridgehead atoms. The average molecular weight is 522 g/mol. The topological polar surface area (TPSA) is 92.5 Å². The van der Waals surface area contributed by atoms with Crippen LogP contribution in [0.2, 0.25) is 0 Å². The number of carbonyl (C=O) groups excluding carboxylic acids is 1. The van der Waals surface area contributed by atoms with Crippen LogP contribution in [0.15, 0.2) is 51.9 Å². The normalized spacial score (nSPS) is 15.4. The van der Waals surface area contributed by atoms with Gasteiger partial charge in [-0.05, 0) is 75.3 Å². The second-order valence-electron chi connectivity index (χ2n) is 9.81. The van der Waals surface area contributed by atoms with Crippen molar-refractivity contribution in [3.8, 4) is 0 Å². The molecule has 2 aromatic carbocycles. The van der Waals surface area contributed by atoms with Crippen LogP contribution in [0.4, 0.5) is 0 Å². The molecule has 1 N–H and O–H groups in total. The fourth-order valence-corrected chi connectivity index (χ4v) is 6.74. The average Bonchev–Trinajstić information content (AvgIpc) is 3.25. The number of carbonyl (C=O) groups is 1. The highest BCUT2D eigenvalue weighted by atomic mass is 32.2. The van der Waals surface area contributed by atoms with Crippen molar-refractivity contribution in [2.45, 2.75) is 51.9 Å². The number of aromatic nitrogens is 1. The predicted octanol–water partition coefficient (Wildman–Crippen LogP) is 4.84. The highest BCUT2D eigenvalue weighted by molar-refractivity contribution is 7.89. The molecule has 3 aromatic rings. The van der Waals surface area contributed by atoms with E-state index in [1.54, 1.807) is 13.0 Å². The van der Waals surface area contributed by atoms with Crippen molar-refractivity contribution in [1.82, 2.24) is 14.8 Å². The van der Waals surface area contributed by atoms with Crippen molar-refractivity contribution in [2.24, 2.45) is 5.92 Å². The second kappa shape index (κ2) is 11.4. The van der Waals surface area contributed by atoms with Gasteiger partial charge in [0.15, 0.2) is 10.7 Å². The maximum absolute atomic E-state index is 13.6. The SMILES string of the molecule is Cc1cc(C)c(/C=C/c2onc(C)c2S(=O)(=O)N2CCC(C(=O)NCCc3ccccc3)CC2)c(C)c1. The summed E-state index contributed by atoms with van der Waals surface area (Å²) in [4.78, 5) is 12.8. The summed E-state index contributed by atoms with van der Waals surface area (Å²) in [6.07, 6.45) is 5.30. The zero-order chi connectivity index (χ0) is 26.6. The van der Waals surface area contributed by atoms with Gasteiger partial charge in [0, 0.05) is 25.6 Å². The number of amides is 1. The minimum atomic E-state index is -3.82. The molecule has 0 radical (unpaired) electrons. The zero-order valence-corrected chi connectivity index (χ0v) is 22.8. The van der Waals surface area contributed by atoms with Gasteiger partial charge in [0.05, 0.1) is 0 Å². The van der Waals surface area contributed by atoms with Crippen molar-refractivity contribution in [3.05, 3.63) is 81.7 Å². The summed E-state index contributed by atoms with van der Waals surface area (Å²) in [5.41, 5.74) is 5.93. The molecule has 0 saturated carbocycles. The third-order valence-corrected chi connectivity index (χ3v) is 9.01. The van der Waals surface area contributed by atoms with E-state index in [1.165, 1.54) is 15.4 Å². The van der Waals surface area contributed by atoms with Crippen LogP contribution in [-0.4, -0.2) is 43.4 Å². The molecule has 37 heavy (non-hydrogen) atoms. The summed E-state index contributed by atoms with van der Waals surface area (Å²) >= 11 is 0. The van der Waals surface area contributed by atoms with Gasteiger partial charge in [0.1, 0.15) is 5.69 Å². The Hall–Kier alpha value is -3.23. The van der Waals surface area contributed by atoms with Crippen LogP contribution in [-0.2, 0) is 21.2 Å². The first-order valence-electron chi connectivity index (χ1n) is 12.7. The monoisotopic (exact) mass is 521 g/mol. The molecule has 0 aliphatic carbocycles. The van der Waals surface area contributed by atoms with E-state index < -0.39 is 10.0 Å². The Morgan fingerprint density at radius 1 is 1.05 bits per heavy atom. The van der Waals surface area contributed by atoms with Crippen LogP contribution in [0.25, 0.3) is 12.2 Å². The lowest BCUT2D eigenvalue weighted by Gasteiger charge is -2.30. The minimum absolute atomic E-state index is 0.0124. The minimum Gasteiger partial charge on any atom is -0.356 e. The van der Waals surface area contributed by atoms with Crippen LogP contribution in [0.1, 0.15) is 52.1 Å². The lowest BCUT2D eigenvalue weighted by atomic mass is 9.97. The lowest BCUT2D eigenvalue weighted by molar-refractivity contribution is -0.126. The maximum atomic E-state index is 13.6. The van der Waals surface area contributed by atoms with Crippen LogP contribution < -0.4 is 5.32 Å². The van der Waals surface area contributed by atoms with Crippen molar-refractivity contribution >= 4 is 28.1 Å². The quantitative estimate of drug-likeness (QED) is 0.458. The molecule has 7 nitrogen and oxygen atoms in total. The van der Waals surface area contributed by atoms with Gasteiger partial charge in [-0.25, -0.2) is 8.42 Å². The second-order valence-corrected chi connectivity index (χ2v) is 11.7. The third-order valence-electron chi connectivity index (χ3n) is 6.95. The molecule has 196 valence electrons. The number of nitrogens with one attached hydrogen (secondary N) is 1. The summed E-state index contributed by atoms with van der Waals surface area (Å²) in [6, 6.07) is 14.2. The van der Waals surface area contributed by atoms with Gasteiger partial charge in [-0.1, -0.05) is 59.3 Å². The van der Waals surface area contributed by atoms with Crippen LogP contribution in [0.3, 0.4) is 0 Å². The Morgan fingerprint density at radius 2 is 1.70 bits per heavy atom. The highest BCUT2D eigenvalue weighted by Gasteiger charge is 2.35. The fraction of sp³-hybridized carbons (Fsp3) is 0.379. The summed E-state index contributed by atoms with van der Waals surface area (Å²) in [5.74, 6) is 0.0110. The Kier molecular flexibility index (Phi) is 8.29.